The molecule has 118 valence electrons. The lowest BCUT2D eigenvalue weighted by molar-refractivity contribution is 0.348. The first kappa shape index (κ1) is 14.8. The highest BCUT2D eigenvalue weighted by Gasteiger charge is 2.35. The number of methoxy groups -OCH3 is 2. The smallest absolute Gasteiger partial charge is 0.243 e. The molecule has 2 aromatic rings. The van der Waals surface area contributed by atoms with Gasteiger partial charge < -0.3 is 24.9 Å². The first-order valence-corrected chi connectivity index (χ1v) is 6.95. The normalized spacial score (nSPS) is 16.3. The number of hydrogen-bond donors (Lipinski definition) is 2. The monoisotopic (exact) mass is 312 g/mol. The number of aryl methyl sites for hydroxylation is 1. The van der Waals surface area contributed by atoms with Crippen LogP contribution in [-0.4, -0.2) is 24.2 Å². The molecule has 23 heavy (non-hydrogen) atoms. The topological polar surface area (TPSA) is 106 Å². The highest BCUT2D eigenvalue weighted by Crippen LogP contribution is 2.46. The summed E-state index contributed by atoms with van der Waals surface area (Å²) in [7, 11) is 3.12. The first-order valence-electron chi connectivity index (χ1n) is 6.95. The number of H-pyrrole nitrogens is 1. The molecule has 7 nitrogen and oxygen atoms in total. The Balaban J connectivity index is 2.27. The van der Waals surface area contributed by atoms with Crippen LogP contribution in [0.5, 0.6) is 17.4 Å². The van der Waals surface area contributed by atoms with Crippen LogP contribution < -0.4 is 19.9 Å². The van der Waals surface area contributed by atoms with Gasteiger partial charge in [0.15, 0.2) is 11.5 Å². The summed E-state index contributed by atoms with van der Waals surface area (Å²) >= 11 is 0. The van der Waals surface area contributed by atoms with Crippen LogP contribution in [0.1, 0.15) is 23.0 Å². The van der Waals surface area contributed by atoms with Gasteiger partial charge in [0.05, 0.1) is 25.8 Å². The summed E-state index contributed by atoms with van der Waals surface area (Å²) in [6.45, 7) is 1.81. The van der Waals surface area contributed by atoms with Gasteiger partial charge in [-0.25, -0.2) is 0 Å². The molecule has 0 unspecified atom stereocenters. The summed E-state index contributed by atoms with van der Waals surface area (Å²) in [5, 5.41) is 9.54. The fourth-order valence-electron chi connectivity index (χ4n) is 2.78. The number of benzene rings is 1. The summed E-state index contributed by atoms with van der Waals surface area (Å²) in [5.41, 5.74) is 7.63. The van der Waals surface area contributed by atoms with Crippen molar-refractivity contribution in [3.63, 3.8) is 0 Å². The summed E-state index contributed by atoms with van der Waals surface area (Å²) in [6.07, 6.45) is 0. The van der Waals surface area contributed by atoms with Gasteiger partial charge in [-0.1, -0.05) is 12.1 Å². The first-order chi connectivity index (χ1) is 11.1. The molecule has 0 radical (unpaired) electrons. The highest BCUT2D eigenvalue weighted by molar-refractivity contribution is 5.58. The second kappa shape index (κ2) is 5.57. The van der Waals surface area contributed by atoms with Gasteiger partial charge in [0.25, 0.3) is 0 Å². The van der Waals surface area contributed by atoms with Crippen molar-refractivity contribution >= 4 is 0 Å². The Kier molecular flexibility index (Phi) is 3.58. The third-order valence-corrected chi connectivity index (χ3v) is 3.73. The van der Waals surface area contributed by atoms with Crippen LogP contribution in [0.4, 0.5) is 0 Å². The highest BCUT2D eigenvalue weighted by atomic mass is 16.5. The average Bonchev–Trinajstić information content (AvgIpc) is 2.92. The number of nitrogens with zero attached hydrogens (tertiary/aromatic N) is 2. The minimum absolute atomic E-state index is 0.0429. The maximum absolute atomic E-state index is 9.54. The molecule has 1 aromatic carbocycles. The molecule has 0 saturated heterocycles. The molecule has 3 N–H and O–H groups in total. The number of para-hydroxylation sites is 1. The fraction of sp³-hybridized carbons (Fsp3) is 0.250. The number of allylic oxidation sites excluding steroid dienone is 1. The Bertz CT molecular complexity index is 832. The van der Waals surface area contributed by atoms with Crippen LogP contribution in [0.2, 0.25) is 0 Å². The number of fused-ring (bicyclic) bond motifs is 1. The maximum atomic E-state index is 9.54. The number of nitrogens with two attached hydrogens (primary N) is 1. The largest absolute Gasteiger partial charge is 0.493 e. The molecule has 0 aliphatic carbocycles. The Labute approximate surface area is 133 Å². The number of ether oxygens (including phenoxy) is 3. The van der Waals surface area contributed by atoms with Gasteiger partial charge in [0.2, 0.25) is 11.8 Å². The van der Waals surface area contributed by atoms with E-state index in [1.165, 1.54) is 0 Å². The zero-order valence-corrected chi connectivity index (χ0v) is 13.0. The van der Waals surface area contributed by atoms with E-state index in [2.05, 4.69) is 16.0 Å². The molecule has 3 rings (SSSR count). The number of imidazole rings is 1. The van der Waals surface area contributed by atoms with Gasteiger partial charge in [-0.3, -0.25) is 0 Å². The van der Waals surface area contributed by atoms with E-state index in [-0.39, 0.29) is 5.88 Å². The second-order valence-corrected chi connectivity index (χ2v) is 5.05. The van der Waals surface area contributed by atoms with E-state index in [9.17, 15) is 5.26 Å². The second-order valence-electron chi connectivity index (χ2n) is 5.05. The SMILES string of the molecule is COc1cccc([C@@H]2C(C#N)=C(N)Oc3nc(C)[nH]c32)c1OC. The van der Waals surface area contributed by atoms with Crippen molar-refractivity contribution in [3.8, 4) is 23.4 Å². The molecular formula is C16H16N4O3. The third-order valence-electron chi connectivity index (χ3n) is 3.73. The summed E-state index contributed by atoms with van der Waals surface area (Å²) in [6, 6.07) is 7.61. The van der Waals surface area contributed by atoms with Crippen LogP contribution >= 0.6 is 0 Å². The predicted octanol–water partition coefficient (Wildman–Crippen LogP) is 1.95. The van der Waals surface area contributed by atoms with Gasteiger partial charge in [0.1, 0.15) is 17.5 Å². The number of aromatic nitrogens is 2. The number of aromatic amines is 1. The van der Waals surface area contributed by atoms with Gasteiger partial charge in [-0.2, -0.15) is 10.2 Å². The molecular weight excluding hydrogens is 296 g/mol. The lowest BCUT2D eigenvalue weighted by Gasteiger charge is -2.24. The molecule has 2 heterocycles. The summed E-state index contributed by atoms with van der Waals surface area (Å²) < 4.78 is 16.3. The number of hydrogen-bond acceptors (Lipinski definition) is 6. The standard InChI is InChI=1S/C16H16N4O3/c1-8-19-13-12(10(7-17)15(18)23-16(13)20-8)9-5-4-6-11(21-2)14(9)22-3/h4-6,12H,18H2,1-3H3,(H,19,20)/t12-/m1/s1. The van der Waals surface area contributed by atoms with Crippen molar-refractivity contribution < 1.29 is 14.2 Å². The summed E-state index contributed by atoms with van der Waals surface area (Å²) in [5.74, 6) is 1.74. The molecule has 1 aromatic heterocycles. The summed E-state index contributed by atoms with van der Waals surface area (Å²) in [4.78, 5) is 7.42. The number of nitrogens with one attached hydrogen (secondary N) is 1. The molecule has 0 fully saturated rings. The van der Waals surface area contributed by atoms with Crippen LogP contribution in [0, 0.1) is 18.3 Å². The number of nitriles is 1. The molecule has 0 amide bonds. The minimum atomic E-state index is -0.463. The van der Waals surface area contributed by atoms with E-state index in [0.29, 0.717) is 34.5 Å². The van der Waals surface area contributed by atoms with E-state index in [1.54, 1.807) is 20.3 Å². The van der Waals surface area contributed by atoms with Crippen LogP contribution in [0.25, 0.3) is 0 Å². The molecule has 1 atom stereocenters. The average molecular weight is 312 g/mol. The van der Waals surface area contributed by atoms with Gasteiger partial charge in [-0.15, -0.1) is 0 Å². The Morgan fingerprint density at radius 1 is 1.35 bits per heavy atom. The molecule has 7 heteroatoms. The zero-order chi connectivity index (χ0) is 16.6. The lowest BCUT2D eigenvalue weighted by Crippen LogP contribution is -2.21. The van der Waals surface area contributed by atoms with Gasteiger partial charge in [0, 0.05) is 5.56 Å². The van der Waals surface area contributed by atoms with Crippen molar-refractivity contribution in [3.05, 3.63) is 46.7 Å². The van der Waals surface area contributed by atoms with Crippen LogP contribution in [0.15, 0.2) is 29.7 Å². The van der Waals surface area contributed by atoms with Crippen molar-refractivity contribution in [1.82, 2.24) is 9.97 Å². The Morgan fingerprint density at radius 3 is 2.78 bits per heavy atom. The third kappa shape index (κ3) is 2.25. The van der Waals surface area contributed by atoms with E-state index in [1.807, 2.05) is 19.1 Å². The predicted molar refractivity (Wildman–Crippen MR) is 82.2 cm³/mol. The van der Waals surface area contributed by atoms with E-state index < -0.39 is 5.92 Å². The molecule has 0 bridgehead atoms. The zero-order valence-electron chi connectivity index (χ0n) is 13.0. The van der Waals surface area contributed by atoms with Crippen LogP contribution in [-0.2, 0) is 0 Å². The lowest BCUT2D eigenvalue weighted by atomic mass is 9.87. The Morgan fingerprint density at radius 2 is 2.13 bits per heavy atom. The van der Waals surface area contributed by atoms with E-state index >= 15 is 0 Å². The Hall–Kier alpha value is -3.14. The van der Waals surface area contributed by atoms with E-state index in [4.69, 9.17) is 19.9 Å². The van der Waals surface area contributed by atoms with E-state index in [0.717, 1.165) is 5.56 Å². The molecule has 0 saturated carbocycles. The molecule has 1 aliphatic rings. The van der Waals surface area contributed by atoms with Gasteiger partial charge >= 0.3 is 0 Å². The minimum Gasteiger partial charge on any atom is -0.493 e. The molecule has 0 spiro atoms. The molecule has 1 aliphatic heterocycles. The van der Waals surface area contributed by atoms with Crippen LogP contribution in [0.3, 0.4) is 0 Å². The van der Waals surface area contributed by atoms with Gasteiger partial charge in [-0.05, 0) is 13.0 Å². The van der Waals surface area contributed by atoms with Crippen molar-refractivity contribution in [1.29, 1.82) is 5.26 Å². The van der Waals surface area contributed by atoms with Crippen molar-refractivity contribution in [2.75, 3.05) is 14.2 Å². The fourth-order valence-corrected chi connectivity index (χ4v) is 2.78. The number of rotatable bonds is 3. The van der Waals surface area contributed by atoms with Crippen molar-refractivity contribution in [2.24, 2.45) is 5.73 Å². The maximum Gasteiger partial charge on any atom is 0.243 e. The van der Waals surface area contributed by atoms with Crippen molar-refractivity contribution in [2.45, 2.75) is 12.8 Å². The quantitative estimate of drug-likeness (QED) is 0.897.